The summed E-state index contributed by atoms with van der Waals surface area (Å²) >= 11 is 0. The van der Waals surface area contributed by atoms with Crippen LogP contribution in [0, 0.1) is 12.8 Å². The van der Waals surface area contributed by atoms with Gasteiger partial charge in [0.1, 0.15) is 17.5 Å². The van der Waals surface area contributed by atoms with Gasteiger partial charge in [0.05, 0.1) is 0 Å². The van der Waals surface area contributed by atoms with Gasteiger partial charge in [0.15, 0.2) is 0 Å². The molecule has 1 atom stereocenters. The third kappa shape index (κ3) is 4.06. The van der Waals surface area contributed by atoms with Gasteiger partial charge in [0.25, 0.3) is 0 Å². The van der Waals surface area contributed by atoms with Crippen LogP contribution in [0.15, 0.2) is 6.07 Å². The maximum Gasteiger partial charge on any atom is 0.134 e. The lowest BCUT2D eigenvalue weighted by molar-refractivity contribution is 0.575. The van der Waals surface area contributed by atoms with Crippen molar-refractivity contribution in [3.8, 4) is 0 Å². The average Bonchev–Trinajstić information content (AvgIpc) is 2.88. The highest BCUT2D eigenvalue weighted by Gasteiger charge is 2.17. The number of anilines is 2. The van der Waals surface area contributed by atoms with Crippen molar-refractivity contribution in [1.82, 2.24) is 15.3 Å². The number of hydrogen-bond acceptors (Lipinski definition) is 5. The number of nitrogens with zero attached hydrogens (tertiary/aromatic N) is 3. The van der Waals surface area contributed by atoms with E-state index < -0.39 is 0 Å². The number of aryl methyl sites for hydroxylation is 1. The van der Waals surface area contributed by atoms with Crippen molar-refractivity contribution >= 4 is 11.6 Å². The molecule has 1 aliphatic heterocycles. The van der Waals surface area contributed by atoms with Crippen molar-refractivity contribution < 1.29 is 0 Å². The molecule has 106 valence electrons. The van der Waals surface area contributed by atoms with Crippen LogP contribution in [0.5, 0.6) is 0 Å². The topological polar surface area (TPSA) is 53.1 Å². The maximum atomic E-state index is 4.54. The summed E-state index contributed by atoms with van der Waals surface area (Å²) in [5, 5.41) is 6.74. The summed E-state index contributed by atoms with van der Waals surface area (Å²) in [6, 6.07) is 2.05. The van der Waals surface area contributed by atoms with Gasteiger partial charge in [0, 0.05) is 26.2 Å². The highest BCUT2D eigenvalue weighted by molar-refractivity contribution is 5.49. The van der Waals surface area contributed by atoms with Gasteiger partial charge in [-0.2, -0.15) is 0 Å². The molecule has 0 spiro atoms. The molecule has 1 unspecified atom stereocenters. The molecule has 5 nitrogen and oxygen atoms in total. The van der Waals surface area contributed by atoms with Gasteiger partial charge in [-0.05, 0) is 38.8 Å². The second kappa shape index (κ2) is 6.70. The SMILES string of the molecule is CCCNc1cc(N(C)CC2CCNC2)nc(C)n1. The van der Waals surface area contributed by atoms with Crippen molar-refractivity contribution in [1.29, 1.82) is 0 Å². The molecule has 1 aromatic heterocycles. The molecule has 0 aromatic carbocycles. The van der Waals surface area contributed by atoms with E-state index in [9.17, 15) is 0 Å². The lowest BCUT2D eigenvalue weighted by atomic mass is 10.1. The summed E-state index contributed by atoms with van der Waals surface area (Å²) < 4.78 is 0. The van der Waals surface area contributed by atoms with E-state index in [0.29, 0.717) is 0 Å². The molecule has 2 rings (SSSR count). The first-order valence-corrected chi connectivity index (χ1v) is 7.20. The highest BCUT2D eigenvalue weighted by Crippen LogP contribution is 2.17. The minimum atomic E-state index is 0.729. The van der Waals surface area contributed by atoms with Crippen molar-refractivity contribution in [2.45, 2.75) is 26.7 Å². The summed E-state index contributed by atoms with van der Waals surface area (Å²) in [5.74, 6) is 3.50. The molecule has 5 heteroatoms. The van der Waals surface area contributed by atoms with Crippen LogP contribution in [0.4, 0.5) is 11.6 Å². The van der Waals surface area contributed by atoms with Crippen LogP contribution >= 0.6 is 0 Å². The molecule has 1 saturated heterocycles. The van der Waals surface area contributed by atoms with Gasteiger partial charge >= 0.3 is 0 Å². The molecule has 2 heterocycles. The number of aromatic nitrogens is 2. The molecular formula is C14H25N5. The second-order valence-corrected chi connectivity index (χ2v) is 5.32. The normalized spacial score (nSPS) is 18.6. The molecule has 19 heavy (non-hydrogen) atoms. The minimum absolute atomic E-state index is 0.729. The van der Waals surface area contributed by atoms with E-state index in [1.807, 2.05) is 13.0 Å². The summed E-state index contributed by atoms with van der Waals surface area (Å²) in [6.07, 6.45) is 2.36. The summed E-state index contributed by atoms with van der Waals surface area (Å²) in [6.45, 7) is 8.37. The van der Waals surface area contributed by atoms with Gasteiger partial charge in [-0.3, -0.25) is 0 Å². The zero-order chi connectivity index (χ0) is 13.7. The van der Waals surface area contributed by atoms with Crippen LogP contribution < -0.4 is 15.5 Å². The standard InChI is InChI=1S/C14H25N5/c1-4-6-16-13-8-14(18-11(2)17-13)19(3)10-12-5-7-15-9-12/h8,12,15H,4-7,9-10H2,1-3H3,(H,16,17,18). The third-order valence-corrected chi connectivity index (χ3v) is 3.47. The molecular weight excluding hydrogens is 238 g/mol. The molecule has 1 fully saturated rings. The van der Waals surface area contributed by atoms with Gasteiger partial charge in [-0.1, -0.05) is 6.92 Å². The Labute approximate surface area is 115 Å². The summed E-state index contributed by atoms with van der Waals surface area (Å²) in [5.41, 5.74) is 0. The first kappa shape index (κ1) is 14.1. The van der Waals surface area contributed by atoms with Crippen LogP contribution in [0.2, 0.25) is 0 Å². The summed E-state index contributed by atoms with van der Waals surface area (Å²) in [7, 11) is 2.11. The quantitative estimate of drug-likeness (QED) is 0.817. The lowest BCUT2D eigenvalue weighted by Crippen LogP contribution is -2.27. The molecule has 0 radical (unpaired) electrons. The lowest BCUT2D eigenvalue weighted by Gasteiger charge is -2.22. The maximum absolute atomic E-state index is 4.54. The Hall–Kier alpha value is -1.36. The number of rotatable bonds is 6. The van der Waals surface area contributed by atoms with E-state index in [1.165, 1.54) is 6.42 Å². The number of nitrogens with one attached hydrogen (secondary N) is 2. The van der Waals surface area contributed by atoms with Crippen LogP contribution in [0.1, 0.15) is 25.6 Å². The molecule has 0 saturated carbocycles. The number of hydrogen-bond donors (Lipinski definition) is 2. The van der Waals surface area contributed by atoms with Gasteiger partial charge < -0.3 is 15.5 Å². The predicted octanol–water partition coefficient (Wildman–Crippen LogP) is 1.65. The Morgan fingerprint density at radius 2 is 2.32 bits per heavy atom. The fourth-order valence-corrected chi connectivity index (χ4v) is 2.44. The van der Waals surface area contributed by atoms with Crippen LogP contribution in [-0.4, -0.2) is 43.2 Å². The van der Waals surface area contributed by atoms with Crippen molar-refractivity contribution in [3.63, 3.8) is 0 Å². The van der Waals surface area contributed by atoms with Crippen molar-refractivity contribution in [3.05, 3.63) is 11.9 Å². The Balaban J connectivity index is 2.02. The fraction of sp³-hybridized carbons (Fsp3) is 0.714. The summed E-state index contributed by atoms with van der Waals surface area (Å²) in [4.78, 5) is 11.2. The Morgan fingerprint density at radius 3 is 3.00 bits per heavy atom. The van der Waals surface area contributed by atoms with Gasteiger partial charge in [0.2, 0.25) is 0 Å². The third-order valence-electron chi connectivity index (χ3n) is 3.47. The zero-order valence-corrected chi connectivity index (χ0v) is 12.2. The Kier molecular flexibility index (Phi) is 4.96. The fourth-order valence-electron chi connectivity index (χ4n) is 2.44. The largest absolute Gasteiger partial charge is 0.370 e. The zero-order valence-electron chi connectivity index (χ0n) is 12.2. The Morgan fingerprint density at radius 1 is 1.47 bits per heavy atom. The van der Waals surface area contributed by atoms with Crippen molar-refractivity contribution in [2.24, 2.45) is 5.92 Å². The monoisotopic (exact) mass is 263 g/mol. The van der Waals surface area contributed by atoms with E-state index in [0.717, 1.165) is 56.0 Å². The molecule has 1 aliphatic rings. The van der Waals surface area contributed by atoms with E-state index in [-0.39, 0.29) is 0 Å². The molecule has 0 bridgehead atoms. The molecule has 0 aliphatic carbocycles. The van der Waals surface area contributed by atoms with E-state index in [4.69, 9.17) is 0 Å². The van der Waals surface area contributed by atoms with Crippen molar-refractivity contribution in [2.75, 3.05) is 43.4 Å². The van der Waals surface area contributed by atoms with Crippen LogP contribution in [-0.2, 0) is 0 Å². The molecule has 1 aromatic rings. The molecule has 2 N–H and O–H groups in total. The smallest absolute Gasteiger partial charge is 0.134 e. The first-order chi connectivity index (χ1) is 9.19. The van der Waals surface area contributed by atoms with E-state index in [1.54, 1.807) is 0 Å². The highest BCUT2D eigenvalue weighted by atomic mass is 15.2. The first-order valence-electron chi connectivity index (χ1n) is 7.20. The van der Waals surface area contributed by atoms with E-state index in [2.05, 4.69) is 39.5 Å². The van der Waals surface area contributed by atoms with Crippen LogP contribution in [0.25, 0.3) is 0 Å². The average molecular weight is 263 g/mol. The molecule has 0 amide bonds. The van der Waals surface area contributed by atoms with Gasteiger partial charge in [-0.15, -0.1) is 0 Å². The van der Waals surface area contributed by atoms with E-state index >= 15 is 0 Å². The van der Waals surface area contributed by atoms with Gasteiger partial charge in [-0.25, -0.2) is 9.97 Å². The Bertz CT molecular complexity index is 401. The minimum Gasteiger partial charge on any atom is -0.370 e. The van der Waals surface area contributed by atoms with Crippen LogP contribution in [0.3, 0.4) is 0 Å². The predicted molar refractivity (Wildman–Crippen MR) is 79.8 cm³/mol. The second-order valence-electron chi connectivity index (χ2n) is 5.32.